The summed E-state index contributed by atoms with van der Waals surface area (Å²) in [6, 6.07) is 4.76. The lowest BCUT2D eigenvalue weighted by atomic mass is 10.1. The summed E-state index contributed by atoms with van der Waals surface area (Å²) in [6.45, 7) is 0. The number of anilines is 2. The molecule has 7 nitrogen and oxygen atoms in total. The summed E-state index contributed by atoms with van der Waals surface area (Å²) in [5.41, 5.74) is 7.02. The summed E-state index contributed by atoms with van der Waals surface area (Å²) in [4.78, 5) is 27.0. The smallest absolute Gasteiger partial charge is 0.260 e. The number of carbonyl (C=O) groups excluding carboxylic acids is 1. The number of amides is 1. The molecule has 9 heteroatoms. The fraction of sp³-hybridized carbons (Fsp3) is 0. The number of halogens is 2. The first-order chi connectivity index (χ1) is 10.1. The number of rotatable bonds is 2. The molecule has 2 aromatic heterocycles. The van der Waals surface area contributed by atoms with Gasteiger partial charge >= 0.3 is 0 Å². The summed E-state index contributed by atoms with van der Waals surface area (Å²) in [5, 5.41) is 2.97. The van der Waals surface area contributed by atoms with E-state index in [1.165, 1.54) is 6.33 Å². The van der Waals surface area contributed by atoms with Crippen LogP contribution in [0.1, 0.15) is 10.4 Å². The number of nitrogens with one attached hydrogen (secondary N) is 2. The van der Waals surface area contributed by atoms with Gasteiger partial charge in [-0.2, -0.15) is 9.97 Å². The number of hydrogen-bond acceptors (Lipinski definition) is 5. The number of para-hydroxylation sites is 1. The number of nitrogens with two attached hydrogens (primary N) is 1. The van der Waals surface area contributed by atoms with E-state index < -0.39 is 5.91 Å². The molecule has 0 aliphatic rings. The summed E-state index contributed by atoms with van der Waals surface area (Å²) < 4.78 is 0. The highest BCUT2D eigenvalue weighted by molar-refractivity contribution is 6.34. The zero-order chi connectivity index (χ0) is 15.0. The number of H-pyrrole nitrogens is 1. The van der Waals surface area contributed by atoms with E-state index in [2.05, 4.69) is 25.3 Å². The molecule has 0 radical (unpaired) electrons. The normalized spacial score (nSPS) is 10.8. The van der Waals surface area contributed by atoms with E-state index in [9.17, 15) is 4.79 Å². The van der Waals surface area contributed by atoms with E-state index in [-0.39, 0.29) is 22.4 Å². The third-order valence-electron chi connectivity index (χ3n) is 2.76. The molecular formula is C12H8Cl2N6O. The van der Waals surface area contributed by atoms with Gasteiger partial charge in [0.25, 0.3) is 5.91 Å². The maximum atomic E-state index is 12.2. The number of benzene rings is 1. The number of nitrogens with zero attached hydrogens (tertiary/aromatic N) is 3. The number of fused-ring (bicyclic) bond motifs is 1. The van der Waals surface area contributed by atoms with Gasteiger partial charge in [0.1, 0.15) is 5.52 Å². The number of nitrogen functional groups attached to an aromatic ring is 1. The molecule has 4 N–H and O–H groups in total. The highest BCUT2D eigenvalue weighted by Gasteiger charge is 2.15. The van der Waals surface area contributed by atoms with Crippen LogP contribution in [0.25, 0.3) is 11.2 Å². The average Bonchev–Trinajstić information content (AvgIpc) is 2.90. The van der Waals surface area contributed by atoms with E-state index in [4.69, 9.17) is 28.9 Å². The van der Waals surface area contributed by atoms with E-state index in [0.717, 1.165) is 0 Å². The second kappa shape index (κ2) is 5.19. The van der Waals surface area contributed by atoms with E-state index in [1.807, 2.05) is 0 Å². The third kappa shape index (κ3) is 2.48. The molecule has 3 rings (SSSR count). The second-order valence-corrected chi connectivity index (χ2v) is 4.86. The van der Waals surface area contributed by atoms with Crippen molar-refractivity contribution >= 4 is 51.9 Å². The van der Waals surface area contributed by atoms with Gasteiger partial charge in [0.05, 0.1) is 22.6 Å². The van der Waals surface area contributed by atoms with Crippen LogP contribution in [0.4, 0.5) is 11.6 Å². The van der Waals surface area contributed by atoms with Gasteiger partial charge in [-0.3, -0.25) is 10.1 Å². The Hall–Kier alpha value is -2.38. The monoisotopic (exact) mass is 322 g/mol. The molecule has 1 amide bonds. The summed E-state index contributed by atoms with van der Waals surface area (Å²) in [5.74, 6) is -0.454. The van der Waals surface area contributed by atoms with Crippen LogP contribution in [0, 0.1) is 0 Å². The molecule has 0 spiro atoms. The predicted octanol–water partition coefficient (Wildman–Crippen LogP) is 2.49. The molecule has 1 aromatic carbocycles. The molecule has 21 heavy (non-hydrogen) atoms. The number of imidazole rings is 1. The van der Waals surface area contributed by atoms with Crippen molar-refractivity contribution in [2.24, 2.45) is 0 Å². The maximum Gasteiger partial charge on any atom is 0.260 e. The molecule has 2 heterocycles. The van der Waals surface area contributed by atoms with E-state index >= 15 is 0 Å². The standard InChI is InChI=1S/C12H8Cl2N6O/c13-6-3-1-2-5(7(6)15)11(21)20-12-18-9(14)8-10(19-12)17-4-16-8/h1-4H,15H2,(H2,16,17,18,19,20,21). The van der Waals surface area contributed by atoms with Crippen molar-refractivity contribution in [2.75, 3.05) is 11.1 Å². The Bertz CT molecular complexity index is 847. The van der Waals surface area contributed by atoms with Gasteiger partial charge in [0.15, 0.2) is 10.8 Å². The van der Waals surface area contributed by atoms with Gasteiger partial charge in [-0.05, 0) is 12.1 Å². The van der Waals surface area contributed by atoms with Crippen LogP contribution >= 0.6 is 23.2 Å². The van der Waals surface area contributed by atoms with Gasteiger partial charge in [-0.15, -0.1) is 0 Å². The molecule has 3 aromatic rings. The van der Waals surface area contributed by atoms with Gasteiger partial charge in [-0.1, -0.05) is 29.3 Å². The van der Waals surface area contributed by atoms with Gasteiger partial charge in [0.2, 0.25) is 5.95 Å². The van der Waals surface area contributed by atoms with Crippen molar-refractivity contribution in [1.29, 1.82) is 0 Å². The first-order valence-corrected chi connectivity index (χ1v) is 6.54. The molecule has 0 unspecified atom stereocenters. The minimum Gasteiger partial charge on any atom is -0.397 e. The quantitative estimate of drug-likeness (QED) is 0.496. The van der Waals surface area contributed by atoms with E-state index in [0.29, 0.717) is 16.2 Å². The Labute approximate surface area is 128 Å². The zero-order valence-electron chi connectivity index (χ0n) is 10.4. The fourth-order valence-electron chi connectivity index (χ4n) is 1.76. The minimum atomic E-state index is -0.485. The Balaban J connectivity index is 1.94. The van der Waals surface area contributed by atoms with Crippen molar-refractivity contribution in [2.45, 2.75) is 0 Å². The summed E-state index contributed by atoms with van der Waals surface area (Å²) in [6.07, 6.45) is 1.44. The van der Waals surface area contributed by atoms with Crippen LogP contribution in [-0.4, -0.2) is 25.8 Å². The first kappa shape index (κ1) is 13.6. The molecule has 0 fully saturated rings. The second-order valence-electron chi connectivity index (χ2n) is 4.09. The Morgan fingerprint density at radius 2 is 2.10 bits per heavy atom. The number of carbonyl (C=O) groups is 1. The summed E-state index contributed by atoms with van der Waals surface area (Å²) >= 11 is 11.8. The van der Waals surface area contributed by atoms with Crippen LogP contribution in [0.5, 0.6) is 0 Å². The first-order valence-electron chi connectivity index (χ1n) is 5.78. The molecule has 0 aliphatic heterocycles. The van der Waals surface area contributed by atoms with Crippen LogP contribution in [0.3, 0.4) is 0 Å². The lowest BCUT2D eigenvalue weighted by Gasteiger charge is -2.07. The van der Waals surface area contributed by atoms with Crippen molar-refractivity contribution in [3.05, 3.63) is 40.3 Å². The largest absolute Gasteiger partial charge is 0.397 e. The predicted molar refractivity (Wildman–Crippen MR) is 80.5 cm³/mol. The van der Waals surface area contributed by atoms with Crippen LogP contribution in [0.2, 0.25) is 10.2 Å². The maximum absolute atomic E-state index is 12.2. The molecule has 0 atom stereocenters. The SMILES string of the molecule is Nc1c(Cl)cccc1C(=O)Nc1nc(Cl)c2[nH]cnc2n1. The highest BCUT2D eigenvalue weighted by Crippen LogP contribution is 2.23. The van der Waals surface area contributed by atoms with Gasteiger partial charge in [0, 0.05) is 0 Å². The number of aromatic nitrogens is 4. The molecular weight excluding hydrogens is 315 g/mol. The lowest BCUT2D eigenvalue weighted by molar-refractivity contribution is 0.102. The molecule has 0 bridgehead atoms. The van der Waals surface area contributed by atoms with Crippen molar-refractivity contribution in [1.82, 2.24) is 19.9 Å². The molecule has 106 valence electrons. The van der Waals surface area contributed by atoms with Gasteiger partial charge in [-0.25, -0.2) is 4.98 Å². The number of hydrogen-bond donors (Lipinski definition) is 3. The van der Waals surface area contributed by atoms with E-state index in [1.54, 1.807) is 18.2 Å². The van der Waals surface area contributed by atoms with Crippen LogP contribution in [0.15, 0.2) is 24.5 Å². The van der Waals surface area contributed by atoms with Crippen molar-refractivity contribution in [3.8, 4) is 0 Å². The molecule has 0 saturated heterocycles. The molecule has 0 aliphatic carbocycles. The Morgan fingerprint density at radius 3 is 2.90 bits per heavy atom. The third-order valence-corrected chi connectivity index (χ3v) is 3.37. The zero-order valence-corrected chi connectivity index (χ0v) is 11.9. The fourth-order valence-corrected chi connectivity index (χ4v) is 2.15. The van der Waals surface area contributed by atoms with Crippen LogP contribution in [-0.2, 0) is 0 Å². The lowest BCUT2D eigenvalue weighted by Crippen LogP contribution is -2.16. The topological polar surface area (TPSA) is 110 Å². The average molecular weight is 323 g/mol. The van der Waals surface area contributed by atoms with Crippen LogP contribution < -0.4 is 11.1 Å². The molecule has 0 saturated carbocycles. The minimum absolute atomic E-state index is 0.0315. The van der Waals surface area contributed by atoms with Crippen molar-refractivity contribution < 1.29 is 4.79 Å². The Kier molecular flexibility index (Phi) is 3.36. The van der Waals surface area contributed by atoms with Gasteiger partial charge < -0.3 is 10.7 Å². The Morgan fingerprint density at radius 1 is 1.29 bits per heavy atom. The number of aromatic amines is 1. The highest BCUT2D eigenvalue weighted by atomic mass is 35.5. The van der Waals surface area contributed by atoms with Crippen molar-refractivity contribution in [3.63, 3.8) is 0 Å². The summed E-state index contributed by atoms with van der Waals surface area (Å²) in [7, 11) is 0.